The van der Waals surface area contributed by atoms with Crippen LogP contribution in [-0.2, 0) is 20.2 Å². The van der Waals surface area contributed by atoms with Crippen molar-refractivity contribution in [2.45, 2.75) is 36.5 Å². The Morgan fingerprint density at radius 1 is 1.00 bits per heavy atom. The molecule has 2 aromatic rings. The lowest BCUT2D eigenvalue weighted by atomic mass is 9.89. The summed E-state index contributed by atoms with van der Waals surface area (Å²) in [5.74, 6) is -2.32. The number of hydrogen-bond acceptors (Lipinski definition) is 9. The van der Waals surface area contributed by atoms with Crippen molar-refractivity contribution in [1.29, 1.82) is 5.41 Å². The fraction of sp³-hybridized carbons (Fsp3) is 0.222. The van der Waals surface area contributed by atoms with Gasteiger partial charge in [0.25, 0.3) is 26.1 Å². The Labute approximate surface area is 240 Å². The molecule has 4 rings (SSSR count). The average molecular weight is 618 g/mol. The van der Waals surface area contributed by atoms with Crippen LogP contribution in [0, 0.1) is 11.3 Å². The highest BCUT2D eigenvalue weighted by molar-refractivity contribution is 7.86. The van der Waals surface area contributed by atoms with Crippen molar-refractivity contribution in [2.24, 2.45) is 5.92 Å². The smallest absolute Gasteiger partial charge is 0.336 e. The predicted molar refractivity (Wildman–Crippen MR) is 152 cm³/mol. The number of fused-ring (bicyclic) bond motifs is 2. The van der Waals surface area contributed by atoms with E-state index in [1.807, 2.05) is 13.8 Å². The monoisotopic (exact) mass is 617 g/mol. The number of nitrogens with one attached hydrogen (secondary N) is 2. The molecule has 1 aliphatic carbocycles. The van der Waals surface area contributed by atoms with Gasteiger partial charge in [0.05, 0.1) is 16.6 Å². The Hall–Kier alpha value is -4.31. The number of nitrogen functional groups attached to an aromatic ring is 1. The van der Waals surface area contributed by atoms with Crippen LogP contribution in [0.1, 0.15) is 47.4 Å². The largest absolute Gasteiger partial charge is 0.478 e. The Bertz CT molecular complexity index is 2000. The van der Waals surface area contributed by atoms with Gasteiger partial charge in [0.2, 0.25) is 0 Å². The van der Waals surface area contributed by atoms with Gasteiger partial charge in [0.15, 0.2) is 21.1 Å². The first-order valence-corrected chi connectivity index (χ1v) is 15.4. The van der Waals surface area contributed by atoms with Crippen LogP contribution in [0.3, 0.4) is 0 Å². The van der Waals surface area contributed by atoms with E-state index in [0.29, 0.717) is 18.9 Å². The topological polar surface area (TPSA) is 238 Å². The second kappa shape index (κ2) is 11.2. The number of carbonyl (C=O) groups is 2. The molecule has 222 valence electrons. The number of carboxylic acids is 1. The molecule has 15 heteroatoms. The molecule has 0 spiro atoms. The van der Waals surface area contributed by atoms with Crippen LogP contribution >= 0.6 is 0 Å². The molecule has 2 aliphatic rings. The molecule has 0 fully saturated rings. The molecular weight excluding hydrogens is 590 g/mol. The molecule has 0 aromatic heterocycles. The number of hydrogen-bond donors (Lipinski definition) is 6. The average Bonchev–Trinajstić information content (AvgIpc) is 2.89. The maximum absolute atomic E-state index is 13.0. The summed E-state index contributed by atoms with van der Waals surface area (Å²) >= 11 is 0. The van der Waals surface area contributed by atoms with E-state index in [1.54, 1.807) is 0 Å². The molecule has 1 heterocycles. The predicted octanol–water partition coefficient (Wildman–Crippen LogP) is 3.62. The van der Waals surface area contributed by atoms with Crippen molar-refractivity contribution in [1.82, 2.24) is 5.32 Å². The molecule has 42 heavy (non-hydrogen) atoms. The zero-order valence-electron chi connectivity index (χ0n) is 22.3. The summed E-state index contributed by atoms with van der Waals surface area (Å²) in [5.41, 5.74) is 3.95. The van der Waals surface area contributed by atoms with Gasteiger partial charge >= 0.3 is 5.97 Å². The molecule has 7 N–H and O–H groups in total. The Balaban J connectivity index is 2.15. The fourth-order valence-corrected chi connectivity index (χ4v) is 6.10. The van der Waals surface area contributed by atoms with Gasteiger partial charge in [-0.3, -0.25) is 19.3 Å². The van der Waals surface area contributed by atoms with Crippen LogP contribution in [0.4, 0.5) is 5.69 Å². The molecule has 1 unspecified atom stereocenters. The van der Waals surface area contributed by atoms with Gasteiger partial charge in [-0.05, 0) is 60.4 Å². The standard InChI is InChI=1S/C27H27N3O10S2/c1-3-13(2)10-11-30-26(31)14-4-5-15(27(32)33)18(12-14)21-16-6-8-19(28)24(41(34,35)36)22(16)40-23-17(21)7-9-20(29)25(23)42(37,38)39/h4-9,12-13,28H,3,10-11,29H2,1-2H3,(H,30,31)(H,32,33)(H,34,35,36)(H,37,38,39). The van der Waals surface area contributed by atoms with Crippen LogP contribution in [0.2, 0.25) is 0 Å². The van der Waals surface area contributed by atoms with E-state index in [4.69, 9.17) is 15.6 Å². The summed E-state index contributed by atoms with van der Waals surface area (Å²) in [7, 11) is -10.3. The van der Waals surface area contributed by atoms with E-state index in [0.717, 1.165) is 24.6 Å². The van der Waals surface area contributed by atoms with E-state index in [1.165, 1.54) is 24.3 Å². The van der Waals surface area contributed by atoms with E-state index >= 15 is 0 Å². The summed E-state index contributed by atoms with van der Waals surface area (Å²) in [4.78, 5) is 23.4. The number of anilines is 1. The summed E-state index contributed by atoms with van der Waals surface area (Å²) in [6, 6.07) is 8.31. The minimum Gasteiger partial charge on any atom is -0.478 e. The highest BCUT2D eigenvalue weighted by Gasteiger charge is 2.32. The molecule has 1 amide bonds. The molecular formula is C27H27N3O10S2. The molecule has 13 nitrogen and oxygen atoms in total. The van der Waals surface area contributed by atoms with E-state index in [9.17, 15) is 40.6 Å². The summed E-state index contributed by atoms with van der Waals surface area (Å²) in [6.45, 7) is 4.39. The van der Waals surface area contributed by atoms with Crippen LogP contribution in [0.5, 0.6) is 0 Å². The highest BCUT2D eigenvalue weighted by atomic mass is 32.2. The number of rotatable bonds is 9. The molecule has 0 bridgehead atoms. The molecule has 1 aliphatic heterocycles. The normalized spacial score (nSPS) is 12.9. The Kier molecular flexibility index (Phi) is 8.15. The van der Waals surface area contributed by atoms with Gasteiger partial charge < -0.3 is 20.6 Å². The maximum atomic E-state index is 13.0. The first kappa shape index (κ1) is 30.6. The van der Waals surface area contributed by atoms with Gasteiger partial charge in [0, 0.05) is 28.6 Å². The number of amides is 1. The van der Waals surface area contributed by atoms with Crippen LogP contribution in [0.25, 0.3) is 33.4 Å². The minimum absolute atomic E-state index is 0.0406. The second-order valence-electron chi connectivity index (χ2n) is 9.73. The van der Waals surface area contributed by atoms with Gasteiger partial charge in [0.1, 0.15) is 0 Å². The first-order valence-electron chi connectivity index (χ1n) is 12.5. The first-order chi connectivity index (χ1) is 19.6. The van der Waals surface area contributed by atoms with Gasteiger partial charge in [-0.25, -0.2) is 4.79 Å². The van der Waals surface area contributed by atoms with Gasteiger partial charge in [-0.2, -0.15) is 16.8 Å². The summed E-state index contributed by atoms with van der Waals surface area (Å²) < 4.78 is 74.9. The van der Waals surface area contributed by atoms with Crippen LogP contribution in [0.15, 0.2) is 56.7 Å². The quantitative estimate of drug-likeness (QED) is 0.0900. The zero-order chi connectivity index (χ0) is 31.1. The third-order valence-corrected chi connectivity index (χ3v) is 8.77. The zero-order valence-corrected chi connectivity index (χ0v) is 24.0. The summed E-state index contributed by atoms with van der Waals surface area (Å²) in [6.07, 6.45) is 1.61. The second-order valence-corrected chi connectivity index (χ2v) is 12.4. The number of nitrogens with two attached hydrogens (primary N) is 1. The van der Waals surface area contributed by atoms with Crippen molar-refractivity contribution < 1.29 is 45.1 Å². The maximum Gasteiger partial charge on any atom is 0.336 e. The van der Waals surface area contributed by atoms with Crippen molar-refractivity contribution >= 4 is 48.8 Å². The SMILES string of the molecule is CCC(C)CCNC(=O)c1ccc(C(=O)O)c(-c2c3ccc(=N)c(S(=O)(=O)O)c-3oc3c(S(=O)(=O)O)c(N)ccc23)c1. The van der Waals surface area contributed by atoms with Crippen molar-refractivity contribution in [2.75, 3.05) is 12.3 Å². The Morgan fingerprint density at radius 2 is 1.67 bits per heavy atom. The number of carboxylic acid groups (broad SMARTS) is 1. The fourth-order valence-electron chi connectivity index (χ4n) is 4.61. The van der Waals surface area contributed by atoms with Crippen LogP contribution in [-0.4, -0.2) is 49.5 Å². The molecule has 0 saturated carbocycles. The minimum atomic E-state index is -5.16. The van der Waals surface area contributed by atoms with Crippen LogP contribution < -0.4 is 16.4 Å². The number of benzene rings is 3. The molecule has 0 radical (unpaired) electrons. The van der Waals surface area contributed by atoms with Gasteiger partial charge in [-0.15, -0.1) is 0 Å². The van der Waals surface area contributed by atoms with Crippen molar-refractivity contribution in [3.63, 3.8) is 0 Å². The third kappa shape index (κ3) is 5.72. The Morgan fingerprint density at radius 3 is 2.26 bits per heavy atom. The molecule has 2 aromatic carbocycles. The van der Waals surface area contributed by atoms with E-state index in [2.05, 4.69) is 5.32 Å². The van der Waals surface area contributed by atoms with E-state index in [-0.39, 0.29) is 33.2 Å². The van der Waals surface area contributed by atoms with Gasteiger partial charge in [-0.1, -0.05) is 20.3 Å². The summed E-state index contributed by atoms with van der Waals surface area (Å²) in [5, 5.41) is 20.0. The molecule has 0 saturated heterocycles. The van der Waals surface area contributed by atoms with Crippen molar-refractivity contribution in [3.8, 4) is 22.5 Å². The lowest BCUT2D eigenvalue weighted by Gasteiger charge is -2.20. The number of aromatic carboxylic acids is 1. The highest BCUT2D eigenvalue weighted by Crippen LogP contribution is 2.45. The number of carbonyl (C=O) groups excluding carboxylic acids is 1. The molecule has 1 atom stereocenters. The lowest BCUT2D eigenvalue weighted by Crippen LogP contribution is -2.25. The van der Waals surface area contributed by atoms with Crippen molar-refractivity contribution in [3.05, 3.63) is 58.9 Å². The third-order valence-electron chi connectivity index (χ3n) is 6.91. The lowest BCUT2D eigenvalue weighted by molar-refractivity contribution is 0.0697. The van der Waals surface area contributed by atoms with E-state index < -0.39 is 64.3 Å².